The molecule has 2 atom stereocenters. The minimum atomic E-state index is -0.401. The number of pyridine rings is 1. The second-order valence-corrected chi connectivity index (χ2v) is 5.20. The lowest BCUT2D eigenvalue weighted by molar-refractivity contribution is -0.129. The number of nitrogens with one attached hydrogen (secondary N) is 1. The Hall–Kier alpha value is -1.42. The number of carbonyl (C=O) groups is 1. The van der Waals surface area contributed by atoms with Crippen LogP contribution in [-0.4, -0.2) is 17.4 Å². The van der Waals surface area contributed by atoms with Gasteiger partial charge in [-0.3, -0.25) is 9.78 Å². The summed E-state index contributed by atoms with van der Waals surface area (Å²) in [6.45, 7) is 2.56. The van der Waals surface area contributed by atoms with Gasteiger partial charge < -0.3 is 11.1 Å². The molecule has 0 radical (unpaired) electrons. The lowest BCUT2D eigenvalue weighted by atomic mass is 9.66. The monoisotopic (exact) mass is 247 g/mol. The fourth-order valence-corrected chi connectivity index (χ4v) is 2.84. The van der Waals surface area contributed by atoms with E-state index in [4.69, 9.17) is 5.73 Å². The van der Waals surface area contributed by atoms with Gasteiger partial charge in [-0.2, -0.15) is 0 Å². The zero-order valence-electron chi connectivity index (χ0n) is 10.9. The van der Waals surface area contributed by atoms with Crippen molar-refractivity contribution in [1.29, 1.82) is 0 Å². The van der Waals surface area contributed by atoms with Gasteiger partial charge in [0.1, 0.15) is 0 Å². The lowest BCUT2D eigenvalue weighted by Crippen LogP contribution is -2.48. The summed E-state index contributed by atoms with van der Waals surface area (Å²) in [5.41, 5.74) is 6.30. The first-order valence-electron chi connectivity index (χ1n) is 6.60. The minimum absolute atomic E-state index is 0.0587. The number of hydrogen-bond donors (Lipinski definition) is 2. The normalized spacial score (nSPS) is 27.8. The number of hydrogen-bond acceptors (Lipinski definition) is 3. The third kappa shape index (κ3) is 2.38. The molecule has 0 spiro atoms. The van der Waals surface area contributed by atoms with Gasteiger partial charge >= 0.3 is 0 Å². The first-order chi connectivity index (χ1) is 8.69. The molecule has 1 aliphatic carbocycles. The molecular formula is C14H21N3O. The standard InChI is InChI=1S/C14H21N3O/c1-11-4-2-3-7-14(11,10-15)13(18)17-12-5-8-16-9-6-12/h5-6,8-9,11H,2-4,7,10,15H2,1H3,(H,16,17,18)/t11-,14-/m0/s1. The summed E-state index contributed by atoms with van der Waals surface area (Å²) >= 11 is 0. The Bertz CT molecular complexity index is 407. The zero-order valence-corrected chi connectivity index (χ0v) is 10.9. The van der Waals surface area contributed by atoms with E-state index in [2.05, 4.69) is 17.2 Å². The topological polar surface area (TPSA) is 68.0 Å². The summed E-state index contributed by atoms with van der Waals surface area (Å²) in [7, 11) is 0. The molecule has 2 rings (SSSR count). The molecule has 0 saturated heterocycles. The maximum Gasteiger partial charge on any atom is 0.232 e. The van der Waals surface area contributed by atoms with E-state index < -0.39 is 5.41 Å². The highest BCUT2D eigenvalue weighted by Crippen LogP contribution is 2.41. The van der Waals surface area contributed by atoms with E-state index in [1.54, 1.807) is 24.5 Å². The van der Waals surface area contributed by atoms with Gasteiger partial charge in [0, 0.05) is 24.6 Å². The zero-order chi connectivity index (χ0) is 13.0. The van der Waals surface area contributed by atoms with Crippen LogP contribution < -0.4 is 11.1 Å². The predicted molar refractivity (Wildman–Crippen MR) is 72.0 cm³/mol. The second-order valence-electron chi connectivity index (χ2n) is 5.20. The fourth-order valence-electron chi connectivity index (χ4n) is 2.84. The Kier molecular flexibility index (Phi) is 3.97. The van der Waals surface area contributed by atoms with Gasteiger partial charge in [0.05, 0.1) is 5.41 Å². The summed E-state index contributed by atoms with van der Waals surface area (Å²) in [5, 5.41) is 2.97. The van der Waals surface area contributed by atoms with Crippen LogP contribution in [0.4, 0.5) is 5.69 Å². The number of amides is 1. The smallest absolute Gasteiger partial charge is 0.232 e. The maximum absolute atomic E-state index is 12.5. The van der Waals surface area contributed by atoms with E-state index in [0.717, 1.165) is 24.9 Å². The minimum Gasteiger partial charge on any atom is -0.329 e. The molecule has 1 saturated carbocycles. The second kappa shape index (κ2) is 5.48. The Balaban J connectivity index is 2.15. The van der Waals surface area contributed by atoms with Crippen LogP contribution in [0.1, 0.15) is 32.6 Å². The number of nitrogens with two attached hydrogens (primary N) is 1. The van der Waals surface area contributed by atoms with Crippen molar-refractivity contribution in [3.8, 4) is 0 Å². The molecule has 4 nitrogen and oxygen atoms in total. The summed E-state index contributed by atoms with van der Waals surface area (Å²) in [4.78, 5) is 16.5. The van der Waals surface area contributed by atoms with Crippen LogP contribution in [0.3, 0.4) is 0 Å². The molecule has 1 aromatic rings. The molecule has 4 heteroatoms. The van der Waals surface area contributed by atoms with Crippen LogP contribution in [0.5, 0.6) is 0 Å². The van der Waals surface area contributed by atoms with Gasteiger partial charge in [0.25, 0.3) is 0 Å². The van der Waals surface area contributed by atoms with Crippen molar-refractivity contribution in [1.82, 2.24) is 4.98 Å². The van der Waals surface area contributed by atoms with Gasteiger partial charge in [-0.1, -0.05) is 19.8 Å². The molecule has 0 bridgehead atoms. The van der Waals surface area contributed by atoms with Crippen LogP contribution >= 0.6 is 0 Å². The molecule has 1 amide bonds. The molecule has 1 aliphatic rings. The van der Waals surface area contributed by atoms with E-state index in [9.17, 15) is 4.79 Å². The van der Waals surface area contributed by atoms with Crippen LogP contribution in [0.2, 0.25) is 0 Å². The molecule has 0 aromatic carbocycles. The van der Waals surface area contributed by atoms with E-state index >= 15 is 0 Å². The number of rotatable bonds is 3. The molecule has 3 N–H and O–H groups in total. The molecule has 1 heterocycles. The van der Waals surface area contributed by atoms with Gasteiger partial charge in [-0.05, 0) is 30.9 Å². The third-order valence-corrected chi connectivity index (χ3v) is 4.21. The van der Waals surface area contributed by atoms with Crippen molar-refractivity contribution in [2.75, 3.05) is 11.9 Å². The van der Waals surface area contributed by atoms with Crippen molar-refractivity contribution in [2.45, 2.75) is 32.6 Å². The first kappa shape index (κ1) is 13.0. The fraction of sp³-hybridized carbons (Fsp3) is 0.571. The Morgan fingerprint density at radius 3 is 2.83 bits per heavy atom. The van der Waals surface area contributed by atoms with Crippen LogP contribution in [0.15, 0.2) is 24.5 Å². The van der Waals surface area contributed by atoms with Crippen molar-refractivity contribution in [3.05, 3.63) is 24.5 Å². The van der Waals surface area contributed by atoms with Crippen molar-refractivity contribution < 1.29 is 4.79 Å². The Morgan fingerprint density at radius 1 is 1.50 bits per heavy atom. The van der Waals surface area contributed by atoms with Crippen molar-refractivity contribution >= 4 is 11.6 Å². The molecule has 98 valence electrons. The molecule has 1 fully saturated rings. The molecule has 0 unspecified atom stereocenters. The van der Waals surface area contributed by atoms with Crippen molar-refractivity contribution in [3.63, 3.8) is 0 Å². The molecular weight excluding hydrogens is 226 g/mol. The largest absolute Gasteiger partial charge is 0.329 e. The average Bonchev–Trinajstić information content (AvgIpc) is 2.40. The summed E-state index contributed by atoms with van der Waals surface area (Å²) < 4.78 is 0. The molecule has 0 aliphatic heterocycles. The number of aromatic nitrogens is 1. The predicted octanol–water partition coefficient (Wildman–Crippen LogP) is 2.18. The summed E-state index contributed by atoms with van der Waals surface area (Å²) in [6, 6.07) is 3.60. The molecule has 18 heavy (non-hydrogen) atoms. The Labute approximate surface area is 108 Å². The van der Waals surface area contributed by atoms with E-state index in [0.29, 0.717) is 12.5 Å². The highest BCUT2D eigenvalue weighted by atomic mass is 16.2. The number of carbonyl (C=O) groups excluding carboxylic acids is 1. The number of anilines is 1. The summed E-state index contributed by atoms with van der Waals surface area (Å²) in [5.74, 6) is 0.404. The van der Waals surface area contributed by atoms with Crippen LogP contribution in [0.25, 0.3) is 0 Å². The first-order valence-corrected chi connectivity index (χ1v) is 6.60. The van der Waals surface area contributed by atoms with Gasteiger partial charge in [0.15, 0.2) is 0 Å². The van der Waals surface area contributed by atoms with Crippen molar-refractivity contribution in [2.24, 2.45) is 17.1 Å². The van der Waals surface area contributed by atoms with E-state index in [1.165, 1.54) is 6.42 Å². The van der Waals surface area contributed by atoms with Crippen LogP contribution in [0, 0.1) is 11.3 Å². The highest BCUT2D eigenvalue weighted by molar-refractivity contribution is 5.95. The maximum atomic E-state index is 12.5. The SMILES string of the molecule is C[C@H]1CCCC[C@@]1(CN)C(=O)Nc1ccncc1. The molecule has 1 aromatic heterocycles. The van der Waals surface area contributed by atoms with Gasteiger partial charge in [-0.25, -0.2) is 0 Å². The van der Waals surface area contributed by atoms with E-state index in [1.807, 2.05) is 0 Å². The van der Waals surface area contributed by atoms with E-state index in [-0.39, 0.29) is 5.91 Å². The Morgan fingerprint density at radius 2 is 2.22 bits per heavy atom. The van der Waals surface area contributed by atoms with Gasteiger partial charge in [0.2, 0.25) is 5.91 Å². The number of nitrogens with zero attached hydrogens (tertiary/aromatic N) is 1. The van der Waals surface area contributed by atoms with Gasteiger partial charge in [-0.15, -0.1) is 0 Å². The average molecular weight is 247 g/mol. The third-order valence-electron chi connectivity index (χ3n) is 4.21. The summed E-state index contributed by atoms with van der Waals surface area (Å²) in [6.07, 6.45) is 7.61. The van der Waals surface area contributed by atoms with Crippen LogP contribution in [-0.2, 0) is 4.79 Å². The highest BCUT2D eigenvalue weighted by Gasteiger charge is 2.43. The quantitative estimate of drug-likeness (QED) is 0.860. The lowest BCUT2D eigenvalue weighted by Gasteiger charge is -2.40.